The molecular weight excluding hydrogens is 328 g/mol. The highest BCUT2D eigenvalue weighted by atomic mass is 35.5. The number of rotatable bonds is 3. The third-order valence-electron chi connectivity index (χ3n) is 4.69. The van der Waals surface area contributed by atoms with Crippen molar-refractivity contribution in [2.75, 3.05) is 6.54 Å². The van der Waals surface area contributed by atoms with Crippen LogP contribution in [0.25, 0.3) is 0 Å². The van der Waals surface area contributed by atoms with Gasteiger partial charge in [0.1, 0.15) is 6.10 Å². The van der Waals surface area contributed by atoms with Gasteiger partial charge in [-0.2, -0.15) is 5.10 Å². The average Bonchev–Trinajstić information content (AvgIpc) is 3.38. The molecule has 0 saturated heterocycles. The molecule has 0 radical (unpaired) electrons. The Hall–Kier alpha value is -1.92. The molecule has 4 rings (SSSR count). The van der Waals surface area contributed by atoms with Crippen LogP contribution in [0.1, 0.15) is 47.1 Å². The van der Waals surface area contributed by atoms with Crippen LogP contribution in [0.15, 0.2) is 24.5 Å². The Kier molecular flexibility index (Phi) is 4.02. The van der Waals surface area contributed by atoms with Crippen molar-refractivity contribution in [1.29, 1.82) is 0 Å². The largest absolute Gasteiger partial charge is 0.386 e. The fourth-order valence-electron chi connectivity index (χ4n) is 3.17. The predicted octanol–water partition coefficient (Wildman–Crippen LogP) is 2.42. The Morgan fingerprint density at radius 3 is 2.96 bits per heavy atom. The number of amides is 1. The number of halogens is 1. The monoisotopic (exact) mass is 346 g/mol. The van der Waals surface area contributed by atoms with E-state index in [0.29, 0.717) is 29.6 Å². The molecule has 1 aliphatic heterocycles. The highest BCUT2D eigenvalue weighted by molar-refractivity contribution is 6.33. The molecule has 2 aliphatic rings. The number of aliphatic hydroxyl groups is 1. The summed E-state index contributed by atoms with van der Waals surface area (Å²) in [6.45, 7) is 1.88. The summed E-state index contributed by atoms with van der Waals surface area (Å²) < 4.78 is 1.92. The molecule has 1 saturated carbocycles. The summed E-state index contributed by atoms with van der Waals surface area (Å²) in [7, 11) is 0. The molecule has 2 aromatic heterocycles. The van der Waals surface area contributed by atoms with Crippen LogP contribution in [0.5, 0.6) is 0 Å². The Morgan fingerprint density at radius 2 is 2.21 bits per heavy atom. The maximum absolute atomic E-state index is 12.8. The number of aliphatic hydroxyl groups excluding tert-OH is 1. The summed E-state index contributed by atoms with van der Waals surface area (Å²) in [6.07, 6.45) is 5.53. The van der Waals surface area contributed by atoms with Gasteiger partial charge in [0.2, 0.25) is 0 Å². The van der Waals surface area contributed by atoms with Crippen LogP contribution in [-0.2, 0) is 13.1 Å². The molecule has 6 nitrogen and oxygen atoms in total. The minimum Gasteiger partial charge on any atom is -0.386 e. The number of nitrogens with zero attached hydrogens (tertiary/aromatic N) is 4. The fraction of sp³-hybridized carbons (Fsp3) is 0.471. The summed E-state index contributed by atoms with van der Waals surface area (Å²) >= 11 is 6.11. The topological polar surface area (TPSA) is 71.2 Å². The van der Waals surface area contributed by atoms with Crippen LogP contribution in [0.2, 0.25) is 5.02 Å². The number of aromatic nitrogens is 3. The van der Waals surface area contributed by atoms with Crippen molar-refractivity contribution in [3.05, 3.63) is 46.5 Å². The van der Waals surface area contributed by atoms with Crippen LogP contribution < -0.4 is 0 Å². The van der Waals surface area contributed by atoms with E-state index < -0.39 is 6.10 Å². The first-order chi connectivity index (χ1) is 11.6. The smallest absolute Gasteiger partial charge is 0.255 e. The van der Waals surface area contributed by atoms with Gasteiger partial charge in [-0.3, -0.25) is 14.5 Å². The van der Waals surface area contributed by atoms with E-state index in [4.69, 9.17) is 11.6 Å². The third kappa shape index (κ3) is 2.91. The van der Waals surface area contributed by atoms with Crippen LogP contribution in [0.3, 0.4) is 0 Å². The second kappa shape index (κ2) is 6.18. The minimum absolute atomic E-state index is 0.0960. The van der Waals surface area contributed by atoms with Crippen molar-refractivity contribution >= 4 is 17.5 Å². The van der Waals surface area contributed by atoms with Gasteiger partial charge in [-0.1, -0.05) is 11.6 Å². The summed E-state index contributed by atoms with van der Waals surface area (Å²) in [6, 6.07) is 3.58. The van der Waals surface area contributed by atoms with Crippen molar-refractivity contribution < 1.29 is 9.90 Å². The molecule has 1 amide bonds. The molecule has 24 heavy (non-hydrogen) atoms. The number of carbonyl (C=O) groups is 1. The lowest BCUT2D eigenvalue weighted by Crippen LogP contribution is -2.31. The van der Waals surface area contributed by atoms with E-state index in [1.54, 1.807) is 17.2 Å². The predicted molar refractivity (Wildman–Crippen MR) is 88.5 cm³/mol. The molecule has 0 bridgehead atoms. The lowest BCUT2D eigenvalue weighted by atomic mass is 10.1. The third-order valence-corrected chi connectivity index (χ3v) is 5.00. The van der Waals surface area contributed by atoms with E-state index in [1.165, 1.54) is 6.20 Å². The first-order valence-corrected chi connectivity index (χ1v) is 8.65. The summed E-state index contributed by atoms with van der Waals surface area (Å²) in [5.41, 5.74) is 2.15. The first-order valence-electron chi connectivity index (χ1n) is 8.27. The number of hydrogen-bond donors (Lipinski definition) is 1. The SMILES string of the molecule is O=C(c1ccncc1Cl)N1CCCn2nc(C(O)C3CC3)cc2C1. The van der Waals surface area contributed by atoms with Crippen molar-refractivity contribution in [1.82, 2.24) is 19.7 Å². The molecule has 7 heteroatoms. The number of carbonyl (C=O) groups excluding carboxylic acids is 1. The Bertz CT molecular complexity index is 772. The molecule has 1 fully saturated rings. The zero-order valence-electron chi connectivity index (χ0n) is 13.2. The van der Waals surface area contributed by atoms with Crippen LogP contribution in [-0.4, -0.2) is 37.2 Å². The standard InChI is InChI=1S/C17H19ClN4O2/c18-14-9-19-5-4-13(14)17(24)21-6-1-7-22-12(10-21)8-15(20-22)16(23)11-2-3-11/h4-5,8-9,11,16,23H,1-3,6-7,10H2. The first kappa shape index (κ1) is 15.6. The van der Waals surface area contributed by atoms with E-state index >= 15 is 0 Å². The highest BCUT2D eigenvalue weighted by Gasteiger charge is 2.33. The van der Waals surface area contributed by atoms with E-state index in [-0.39, 0.29) is 5.91 Å². The normalized spacial score (nSPS) is 18.8. The van der Waals surface area contributed by atoms with Gasteiger partial charge in [0.05, 0.1) is 28.5 Å². The molecule has 1 atom stereocenters. The second-order valence-electron chi connectivity index (χ2n) is 6.50. The van der Waals surface area contributed by atoms with E-state index in [1.807, 2.05) is 10.7 Å². The van der Waals surface area contributed by atoms with Gasteiger partial charge in [0.15, 0.2) is 0 Å². The number of aryl methyl sites for hydroxylation is 1. The Labute approximate surface area is 145 Å². The maximum atomic E-state index is 12.8. The lowest BCUT2D eigenvalue weighted by molar-refractivity contribution is 0.0746. The van der Waals surface area contributed by atoms with Crippen molar-refractivity contribution in [2.24, 2.45) is 5.92 Å². The molecule has 1 unspecified atom stereocenters. The van der Waals surface area contributed by atoms with Crippen molar-refractivity contribution in [2.45, 2.75) is 38.5 Å². The van der Waals surface area contributed by atoms with Crippen LogP contribution in [0.4, 0.5) is 0 Å². The highest BCUT2D eigenvalue weighted by Crippen LogP contribution is 2.40. The molecular formula is C17H19ClN4O2. The summed E-state index contributed by atoms with van der Waals surface area (Å²) in [4.78, 5) is 18.5. The van der Waals surface area contributed by atoms with E-state index in [2.05, 4.69) is 10.1 Å². The van der Waals surface area contributed by atoms with Crippen LogP contribution >= 0.6 is 11.6 Å². The lowest BCUT2D eigenvalue weighted by Gasteiger charge is -2.20. The molecule has 1 aliphatic carbocycles. The number of pyridine rings is 1. The number of fused-ring (bicyclic) bond motifs is 1. The zero-order valence-corrected chi connectivity index (χ0v) is 14.0. The number of hydrogen-bond acceptors (Lipinski definition) is 4. The molecule has 3 heterocycles. The van der Waals surface area contributed by atoms with E-state index in [9.17, 15) is 9.90 Å². The van der Waals surface area contributed by atoms with Gasteiger partial charge >= 0.3 is 0 Å². The van der Waals surface area contributed by atoms with Crippen LogP contribution in [0, 0.1) is 5.92 Å². The summed E-state index contributed by atoms with van der Waals surface area (Å²) in [5, 5.41) is 15.2. The van der Waals surface area contributed by atoms with E-state index in [0.717, 1.165) is 37.2 Å². The Morgan fingerprint density at radius 1 is 1.38 bits per heavy atom. The molecule has 2 aromatic rings. The minimum atomic E-state index is -0.483. The molecule has 0 aromatic carbocycles. The quantitative estimate of drug-likeness (QED) is 0.926. The van der Waals surface area contributed by atoms with Gasteiger partial charge < -0.3 is 10.0 Å². The van der Waals surface area contributed by atoms with Gasteiger partial charge in [-0.15, -0.1) is 0 Å². The molecule has 0 spiro atoms. The second-order valence-corrected chi connectivity index (χ2v) is 6.91. The van der Waals surface area contributed by atoms with Gasteiger partial charge in [0.25, 0.3) is 5.91 Å². The van der Waals surface area contributed by atoms with Crippen molar-refractivity contribution in [3.8, 4) is 0 Å². The summed E-state index contributed by atoms with van der Waals surface area (Å²) in [5.74, 6) is 0.249. The maximum Gasteiger partial charge on any atom is 0.255 e. The Balaban J connectivity index is 1.57. The van der Waals surface area contributed by atoms with Gasteiger partial charge in [-0.05, 0) is 37.3 Å². The van der Waals surface area contributed by atoms with Gasteiger partial charge in [0, 0.05) is 25.5 Å². The zero-order chi connectivity index (χ0) is 16.7. The fourth-order valence-corrected chi connectivity index (χ4v) is 3.37. The van der Waals surface area contributed by atoms with Gasteiger partial charge in [-0.25, -0.2) is 0 Å². The molecule has 126 valence electrons. The molecule has 1 N–H and O–H groups in total. The van der Waals surface area contributed by atoms with Crippen molar-refractivity contribution in [3.63, 3.8) is 0 Å². The average molecular weight is 347 g/mol.